The third kappa shape index (κ3) is 3.79. The fourth-order valence-electron chi connectivity index (χ4n) is 1.77. The number of halogens is 2. The maximum Gasteiger partial charge on any atom is 0.241 e. The molecule has 2 aromatic carbocycles. The molecule has 1 amide bonds. The van der Waals surface area contributed by atoms with Crippen molar-refractivity contribution in [3.63, 3.8) is 0 Å². The molecule has 1 atom stereocenters. The number of hydrogen-bond donors (Lipinski definition) is 2. The van der Waals surface area contributed by atoms with Gasteiger partial charge >= 0.3 is 0 Å². The molecule has 5 heteroatoms. The molecule has 0 saturated carbocycles. The summed E-state index contributed by atoms with van der Waals surface area (Å²) in [7, 11) is 0. The summed E-state index contributed by atoms with van der Waals surface area (Å²) in [5.41, 5.74) is 7.14. The second-order valence-electron chi connectivity index (χ2n) is 4.41. The van der Waals surface area contributed by atoms with Gasteiger partial charge in [0.25, 0.3) is 0 Å². The summed E-state index contributed by atoms with van der Waals surface area (Å²) in [6, 6.07) is 12.8. The molecule has 3 N–H and O–H groups in total. The second-order valence-corrected chi connectivity index (χ2v) is 4.82. The monoisotopic (exact) mass is 292 g/mol. The number of nitrogens with two attached hydrogens (primary N) is 1. The Bertz CT molecular complexity index is 604. The Hall–Kier alpha value is -1.91. The van der Waals surface area contributed by atoms with Crippen LogP contribution in [0.5, 0.6) is 0 Å². The molecule has 104 valence electrons. The summed E-state index contributed by atoms with van der Waals surface area (Å²) < 4.78 is 13.3. The number of rotatable bonds is 4. The van der Waals surface area contributed by atoms with Crippen LogP contribution in [0, 0.1) is 5.82 Å². The lowest BCUT2D eigenvalue weighted by Crippen LogP contribution is -2.37. The van der Waals surface area contributed by atoms with Gasteiger partial charge in [-0.3, -0.25) is 4.79 Å². The molecule has 0 saturated heterocycles. The lowest BCUT2D eigenvalue weighted by atomic mass is 10.1. The molecule has 0 aromatic heterocycles. The first kappa shape index (κ1) is 14.5. The van der Waals surface area contributed by atoms with Crippen LogP contribution in [-0.2, 0) is 11.2 Å². The van der Waals surface area contributed by atoms with E-state index in [-0.39, 0.29) is 10.9 Å². The van der Waals surface area contributed by atoms with E-state index in [0.29, 0.717) is 12.1 Å². The van der Waals surface area contributed by atoms with E-state index in [9.17, 15) is 9.18 Å². The normalized spacial score (nSPS) is 11.9. The van der Waals surface area contributed by atoms with Gasteiger partial charge in [0, 0.05) is 5.69 Å². The topological polar surface area (TPSA) is 55.1 Å². The van der Waals surface area contributed by atoms with Crippen molar-refractivity contribution in [2.24, 2.45) is 5.73 Å². The van der Waals surface area contributed by atoms with Gasteiger partial charge in [-0.1, -0.05) is 41.9 Å². The van der Waals surface area contributed by atoms with Crippen LogP contribution in [0.3, 0.4) is 0 Å². The number of amides is 1. The van der Waals surface area contributed by atoms with Crippen molar-refractivity contribution in [3.05, 3.63) is 64.9 Å². The minimum Gasteiger partial charge on any atom is -0.325 e. The van der Waals surface area contributed by atoms with E-state index < -0.39 is 11.9 Å². The highest BCUT2D eigenvalue weighted by atomic mass is 35.5. The van der Waals surface area contributed by atoms with Crippen LogP contribution in [0.15, 0.2) is 48.5 Å². The van der Waals surface area contributed by atoms with Crippen molar-refractivity contribution < 1.29 is 9.18 Å². The number of hydrogen-bond acceptors (Lipinski definition) is 2. The molecule has 0 aliphatic carbocycles. The predicted molar refractivity (Wildman–Crippen MR) is 78.2 cm³/mol. The summed E-state index contributed by atoms with van der Waals surface area (Å²) >= 11 is 5.57. The van der Waals surface area contributed by atoms with Gasteiger partial charge in [-0.2, -0.15) is 0 Å². The summed E-state index contributed by atoms with van der Waals surface area (Å²) in [5, 5.41) is 2.58. The molecule has 0 heterocycles. The predicted octanol–water partition coefficient (Wildman–Crippen LogP) is 2.99. The summed E-state index contributed by atoms with van der Waals surface area (Å²) in [6.07, 6.45) is 0.419. The quantitative estimate of drug-likeness (QED) is 0.910. The zero-order valence-corrected chi connectivity index (χ0v) is 11.4. The SMILES string of the molecule is N[C@H](Cc1ccccc1)C(=O)Nc1ccc(Cl)c(F)c1. The van der Waals surface area contributed by atoms with Crippen molar-refractivity contribution in [2.75, 3.05) is 5.32 Å². The van der Waals surface area contributed by atoms with Crippen LogP contribution in [0.4, 0.5) is 10.1 Å². The molecule has 0 bridgehead atoms. The smallest absolute Gasteiger partial charge is 0.241 e. The molecule has 3 nitrogen and oxygen atoms in total. The summed E-state index contributed by atoms with van der Waals surface area (Å²) in [6.45, 7) is 0. The lowest BCUT2D eigenvalue weighted by Gasteiger charge is -2.12. The first-order valence-electron chi connectivity index (χ1n) is 6.11. The minimum absolute atomic E-state index is 0.0107. The maximum atomic E-state index is 13.3. The molecule has 0 unspecified atom stereocenters. The second kappa shape index (κ2) is 6.50. The van der Waals surface area contributed by atoms with Gasteiger partial charge < -0.3 is 11.1 Å². The molecule has 20 heavy (non-hydrogen) atoms. The molecule has 0 spiro atoms. The summed E-state index contributed by atoms with van der Waals surface area (Å²) in [4.78, 5) is 11.9. The average Bonchev–Trinajstić information content (AvgIpc) is 2.44. The van der Waals surface area contributed by atoms with E-state index in [2.05, 4.69) is 5.32 Å². The highest BCUT2D eigenvalue weighted by Gasteiger charge is 2.14. The third-order valence-electron chi connectivity index (χ3n) is 2.82. The fraction of sp³-hybridized carbons (Fsp3) is 0.133. The van der Waals surface area contributed by atoms with E-state index in [4.69, 9.17) is 17.3 Å². The van der Waals surface area contributed by atoms with E-state index in [1.807, 2.05) is 30.3 Å². The Morgan fingerprint density at radius 3 is 2.60 bits per heavy atom. The van der Waals surface area contributed by atoms with Crippen LogP contribution in [0.1, 0.15) is 5.56 Å². The highest BCUT2D eigenvalue weighted by molar-refractivity contribution is 6.30. The zero-order valence-electron chi connectivity index (χ0n) is 10.6. The third-order valence-corrected chi connectivity index (χ3v) is 3.13. The number of carbonyl (C=O) groups excluding carboxylic acids is 1. The van der Waals surface area contributed by atoms with Crippen molar-refractivity contribution >= 4 is 23.2 Å². The number of nitrogens with one attached hydrogen (secondary N) is 1. The van der Waals surface area contributed by atoms with E-state index in [0.717, 1.165) is 11.6 Å². The van der Waals surface area contributed by atoms with Crippen LogP contribution in [0.25, 0.3) is 0 Å². The minimum atomic E-state index is -0.698. The Morgan fingerprint density at radius 1 is 1.25 bits per heavy atom. The molecular weight excluding hydrogens is 279 g/mol. The Morgan fingerprint density at radius 2 is 1.95 bits per heavy atom. The molecule has 0 radical (unpaired) electrons. The van der Waals surface area contributed by atoms with E-state index in [1.54, 1.807) is 0 Å². The van der Waals surface area contributed by atoms with Crippen LogP contribution < -0.4 is 11.1 Å². The standard InChI is InChI=1S/C15H14ClFN2O/c16-12-7-6-11(9-13(12)17)19-15(20)14(18)8-10-4-2-1-3-5-10/h1-7,9,14H,8,18H2,(H,19,20)/t14-/m1/s1. The molecule has 0 aliphatic heterocycles. The van der Waals surface area contributed by atoms with Crippen molar-refractivity contribution in [2.45, 2.75) is 12.5 Å². The maximum absolute atomic E-state index is 13.3. The number of anilines is 1. The van der Waals surface area contributed by atoms with E-state index in [1.165, 1.54) is 12.1 Å². The first-order chi connectivity index (χ1) is 9.56. The lowest BCUT2D eigenvalue weighted by molar-refractivity contribution is -0.117. The summed E-state index contributed by atoms with van der Waals surface area (Å²) in [5.74, 6) is -0.948. The van der Waals surface area contributed by atoms with Gasteiger partial charge in [0.15, 0.2) is 0 Å². The molecular formula is C15H14ClFN2O. The molecule has 2 rings (SSSR count). The van der Waals surface area contributed by atoms with Crippen LogP contribution in [-0.4, -0.2) is 11.9 Å². The van der Waals surface area contributed by atoms with Crippen molar-refractivity contribution in [1.29, 1.82) is 0 Å². The molecule has 2 aromatic rings. The van der Waals surface area contributed by atoms with E-state index >= 15 is 0 Å². The zero-order chi connectivity index (χ0) is 14.5. The van der Waals surface area contributed by atoms with Crippen molar-refractivity contribution in [1.82, 2.24) is 0 Å². The average molecular weight is 293 g/mol. The first-order valence-corrected chi connectivity index (χ1v) is 6.49. The molecule has 0 aliphatic rings. The van der Waals surface area contributed by atoms with Gasteiger partial charge in [-0.15, -0.1) is 0 Å². The van der Waals surface area contributed by atoms with Crippen LogP contribution >= 0.6 is 11.6 Å². The number of benzene rings is 2. The van der Waals surface area contributed by atoms with Gasteiger partial charge in [0.2, 0.25) is 5.91 Å². The van der Waals surface area contributed by atoms with Gasteiger partial charge in [-0.25, -0.2) is 4.39 Å². The Kier molecular flexibility index (Phi) is 4.71. The largest absolute Gasteiger partial charge is 0.325 e. The number of carbonyl (C=O) groups is 1. The Balaban J connectivity index is 1.99. The Labute approximate surface area is 121 Å². The van der Waals surface area contributed by atoms with Crippen molar-refractivity contribution in [3.8, 4) is 0 Å². The van der Waals surface area contributed by atoms with Gasteiger partial charge in [-0.05, 0) is 30.2 Å². The molecule has 0 fully saturated rings. The van der Waals surface area contributed by atoms with Crippen LogP contribution in [0.2, 0.25) is 5.02 Å². The fourth-order valence-corrected chi connectivity index (χ4v) is 1.89. The van der Waals surface area contributed by atoms with Gasteiger partial charge in [0.1, 0.15) is 5.82 Å². The highest BCUT2D eigenvalue weighted by Crippen LogP contribution is 2.18. The van der Waals surface area contributed by atoms with Gasteiger partial charge in [0.05, 0.1) is 11.1 Å².